The Morgan fingerprint density at radius 1 is 1.10 bits per heavy atom. The average Bonchev–Trinajstić information content (AvgIpc) is 2.41. The minimum absolute atomic E-state index is 0. The van der Waals surface area contributed by atoms with E-state index >= 15 is 0 Å². The third-order valence-corrected chi connectivity index (χ3v) is 3.94. The van der Waals surface area contributed by atoms with Crippen LogP contribution in [0.1, 0.15) is 33.1 Å². The molecule has 0 radical (unpaired) electrons. The Bertz CT molecular complexity index is 367. The standard InChI is InChI=1S/C13H25ClN3O2.ClH/c1-13(2)11(18)15(12(19)16(13)14)9-7-6-8-10-17(3,4)5;/h6-10H2,1-5H3;1H/q+1;/p-1. The molecule has 1 rings (SSSR count). The van der Waals surface area contributed by atoms with Gasteiger partial charge in [0.2, 0.25) is 0 Å². The summed E-state index contributed by atoms with van der Waals surface area (Å²) in [4.78, 5) is 25.2. The number of halogens is 2. The van der Waals surface area contributed by atoms with E-state index in [1.165, 1.54) is 4.90 Å². The van der Waals surface area contributed by atoms with Gasteiger partial charge in [0.15, 0.2) is 0 Å². The Balaban J connectivity index is 0.00000361. The summed E-state index contributed by atoms with van der Waals surface area (Å²) < 4.78 is 1.94. The molecule has 0 N–H and O–H groups in total. The first-order valence-electron chi connectivity index (χ1n) is 6.70. The lowest BCUT2D eigenvalue weighted by molar-refractivity contribution is -0.870. The number of carbonyl (C=O) groups is 2. The zero-order valence-corrected chi connectivity index (χ0v) is 14.5. The monoisotopic (exact) mass is 325 g/mol. The molecule has 0 aromatic rings. The largest absolute Gasteiger partial charge is 1.00 e. The van der Waals surface area contributed by atoms with Crippen molar-refractivity contribution in [3.63, 3.8) is 0 Å². The predicted molar refractivity (Wildman–Crippen MR) is 75.6 cm³/mol. The highest BCUT2D eigenvalue weighted by atomic mass is 35.5. The average molecular weight is 326 g/mol. The lowest BCUT2D eigenvalue weighted by atomic mass is 10.1. The second kappa shape index (κ2) is 6.96. The van der Waals surface area contributed by atoms with E-state index < -0.39 is 11.6 Å². The first-order chi connectivity index (χ1) is 8.57. The summed E-state index contributed by atoms with van der Waals surface area (Å²) in [6, 6.07) is -0.400. The Morgan fingerprint density at radius 3 is 2.05 bits per heavy atom. The molecule has 20 heavy (non-hydrogen) atoms. The molecule has 5 nitrogen and oxygen atoms in total. The van der Waals surface area contributed by atoms with Crippen molar-refractivity contribution in [2.75, 3.05) is 34.2 Å². The van der Waals surface area contributed by atoms with Crippen molar-refractivity contribution in [3.05, 3.63) is 0 Å². The third-order valence-electron chi connectivity index (χ3n) is 3.37. The van der Waals surface area contributed by atoms with Crippen LogP contribution >= 0.6 is 11.8 Å². The number of nitrogens with zero attached hydrogens (tertiary/aromatic N) is 3. The maximum Gasteiger partial charge on any atom is 0.342 e. The van der Waals surface area contributed by atoms with Crippen molar-refractivity contribution in [2.45, 2.75) is 38.6 Å². The summed E-state index contributed by atoms with van der Waals surface area (Å²) in [5, 5.41) is 0. The smallest absolute Gasteiger partial charge is 0.342 e. The van der Waals surface area contributed by atoms with E-state index in [4.69, 9.17) is 11.8 Å². The van der Waals surface area contributed by atoms with Gasteiger partial charge in [-0.2, -0.15) is 0 Å². The number of unbranched alkanes of at least 4 members (excludes halogenated alkanes) is 2. The molecule has 1 fully saturated rings. The quantitative estimate of drug-likeness (QED) is 0.274. The first kappa shape index (κ1) is 19.5. The van der Waals surface area contributed by atoms with E-state index in [0.717, 1.165) is 34.7 Å². The minimum Gasteiger partial charge on any atom is -1.00 e. The minimum atomic E-state index is -0.930. The fraction of sp³-hybridized carbons (Fsp3) is 0.846. The van der Waals surface area contributed by atoms with Crippen molar-refractivity contribution >= 4 is 23.7 Å². The van der Waals surface area contributed by atoms with Crippen LogP contribution in [-0.2, 0) is 4.79 Å². The molecule has 1 aliphatic rings. The van der Waals surface area contributed by atoms with Crippen molar-refractivity contribution in [3.8, 4) is 0 Å². The van der Waals surface area contributed by atoms with E-state index in [0.29, 0.717) is 6.54 Å². The zero-order valence-electron chi connectivity index (χ0n) is 12.9. The van der Waals surface area contributed by atoms with Gasteiger partial charge in [-0.1, -0.05) is 0 Å². The number of imide groups is 1. The molecule has 3 amide bonds. The number of hydrogen-bond donors (Lipinski definition) is 0. The second-order valence-electron chi connectivity index (χ2n) is 6.65. The summed E-state index contributed by atoms with van der Waals surface area (Å²) >= 11 is 5.86. The molecule has 1 saturated heterocycles. The Hall–Kier alpha value is -0.520. The lowest BCUT2D eigenvalue weighted by Gasteiger charge is -2.23. The number of urea groups is 1. The molecular formula is C13H25Cl2N3O2. The van der Waals surface area contributed by atoms with Crippen molar-refractivity contribution in [1.29, 1.82) is 0 Å². The first-order valence-corrected chi connectivity index (χ1v) is 7.03. The van der Waals surface area contributed by atoms with Crippen molar-refractivity contribution in [2.24, 2.45) is 0 Å². The topological polar surface area (TPSA) is 40.6 Å². The normalized spacial score (nSPS) is 18.5. The maximum absolute atomic E-state index is 12.0. The molecule has 1 aliphatic heterocycles. The summed E-state index contributed by atoms with van der Waals surface area (Å²) in [5.74, 6) is -0.209. The lowest BCUT2D eigenvalue weighted by Crippen LogP contribution is -3.00. The van der Waals surface area contributed by atoms with Crippen molar-refractivity contribution < 1.29 is 26.5 Å². The van der Waals surface area contributed by atoms with Gasteiger partial charge in [0.05, 0.1) is 27.7 Å². The van der Waals surface area contributed by atoms with Gasteiger partial charge in [-0.15, -0.1) is 0 Å². The second-order valence-corrected chi connectivity index (χ2v) is 6.99. The maximum atomic E-state index is 12.0. The Kier molecular flexibility index (Phi) is 6.78. The van der Waals surface area contributed by atoms with Gasteiger partial charge in [0, 0.05) is 18.3 Å². The molecule has 0 aliphatic carbocycles. The number of hydrogen-bond acceptors (Lipinski definition) is 2. The van der Waals surface area contributed by atoms with Crippen molar-refractivity contribution in [1.82, 2.24) is 9.32 Å². The third kappa shape index (κ3) is 4.50. The zero-order chi connectivity index (χ0) is 14.8. The highest BCUT2D eigenvalue weighted by Crippen LogP contribution is 2.29. The molecular weight excluding hydrogens is 301 g/mol. The van der Waals surface area contributed by atoms with Crippen LogP contribution < -0.4 is 12.4 Å². The fourth-order valence-corrected chi connectivity index (χ4v) is 2.24. The summed E-state index contributed by atoms with van der Waals surface area (Å²) in [7, 11) is 6.46. The number of amides is 3. The van der Waals surface area contributed by atoms with Crippen LogP contribution in [0.3, 0.4) is 0 Å². The van der Waals surface area contributed by atoms with E-state index in [1.54, 1.807) is 13.8 Å². The molecule has 0 aromatic carbocycles. The molecule has 0 unspecified atom stereocenters. The summed E-state index contributed by atoms with van der Waals surface area (Å²) in [6.45, 7) is 4.88. The van der Waals surface area contributed by atoms with Crippen LogP contribution in [0.4, 0.5) is 4.79 Å². The van der Waals surface area contributed by atoms with Gasteiger partial charge < -0.3 is 16.9 Å². The fourth-order valence-electron chi connectivity index (χ4n) is 2.08. The van der Waals surface area contributed by atoms with Crippen LogP contribution in [0.2, 0.25) is 0 Å². The predicted octanol–water partition coefficient (Wildman–Crippen LogP) is -0.936. The van der Waals surface area contributed by atoms with Crippen LogP contribution in [0.15, 0.2) is 0 Å². The van der Waals surface area contributed by atoms with Gasteiger partial charge in [-0.05, 0) is 33.1 Å². The molecule has 7 heteroatoms. The van der Waals surface area contributed by atoms with Crippen LogP contribution in [0, 0.1) is 0 Å². The van der Waals surface area contributed by atoms with E-state index in [9.17, 15) is 9.59 Å². The molecule has 0 spiro atoms. The van der Waals surface area contributed by atoms with E-state index in [1.807, 2.05) is 0 Å². The van der Waals surface area contributed by atoms with Gasteiger partial charge in [-0.3, -0.25) is 9.69 Å². The summed E-state index contributed by atoms with van der Waals surface area (Å²) in [5.41, 5.74) is -0.930. The SMILES string of the molecule is CC1(C)C(=O)N(CCCCC[N+](C)(C)C)C(=O)N1Cl.[Cl-]. The number of quaternary nitrogens is 1. The molecule has 0 atom stereocenters. The molecule has 118 valence electrons. The van der Waals surface area contributed by atoms with Gasteiger partial charge >= 0.3 is 6.03 Å². The molecule has 0 saturated carbocycles. The van der Waals surface area contributed by atoms with Crippen LogP contribution in [-0.4, -0.2) is 65.5 Å². The van der Waals surface area contributed by atoms with Crippen LogP contribution in [0.5, 0.6) is 0 Å². The van der Waals surface area contributed by atoms with Gasteiger partial charge in [-0.25, -0.2) is 9.21 Å². The Labute approximate surface area is 132 Å². The van der Waals surface area contributed by atoms with Gasteiger partial charge in [0.1, 0.15) is 5.54 Å². The number of carbonyl (C=O) groups excluding carboxylic acids is 2. The van der Waals surface area contributed by atoms with Gasteiger partial charge in [0.25, 0.3) is 5.91 Å². The summed E-state index contributed by atoms with van der Waals surface area (Å²) in [6.07, 6.45) is 2.93. The van der Waals surface area contributed by atoms with E-state index in [2.05, 4.69) is 21.1 Å². The highest BCUT2D eigenvalue weighted by Gasteiger charge is 2.50. The molecule has 0 bridgehead atoms. The molecule has 0 aromatic heterocycles. The highest BCUT2D eigenvalue weighted by molar-refractivity contribution is 6.27. The Morgan fingerprint density at radius 2 is 1.65 bits per heavy atom. The van der Waals surface area contributed by atoms with E-state index in [-0.39, 0.29) is 18.3 Å². The van der Waals surface area contributed by atoms with Crippen LogP contribution in [0.25, 0.3) is 0 Å². The molecule has 1 heterocycles. The number of rotatable bonds is 6.